The van der Waals surface area contributed by atoms with Gasteiger partial charge in [-0.25, -0.2) is 4.79 Å². The average molecular weight is 1210 g/mol. The second-order valence-corrected chi connectivity index (χ2v) is 19.8. The van der Waals surface area contributed by atoms with Crippen molar-refractivity contribution in [3.8, 4) is 0 Å². The molecule has 16 atom stereocenters. The first-order valence-corrected chi connectivity index (χ1v) is 24.8. The molecule has 1 amide bonds. The molecule has 0 aromatic rings. The Balaban J connectivity index is 2.55. The van der Waals surface area contributed by atoms with E-state index in [1.165, 1.54) is 0 Å². The summed E-state index contributed by atoms with van der Waals surface area (Å²) in [6.45, 7) is 7.38. The fraction of sp³-hybridized carbons (Fsp3) is 0.717. The normalized spacial score (nSPS) is 29.0. The van der Waals surface area contributed by atoms with Gasteiger partial charge in [0.2, 0.25) is 24.2 Å². The van der Waals surface area contributed by atoms with Gasteiger partial charge < -0.3 is 85.8 Å². The second-order valence-electron chi connectivity index (χ2n) is 17.5. The first kappa shape index (κ1) is 68.1. The highest BCUT2D eigenvalue weighted by atomic mass is 35.6. The van der Waals surface area contributed by atoms with Crippen molar-refractivity contribution in [3.05, 3.63) is 0 Å². The van der Waals surface area contributed by atoms with Crippen molar-refractivity contribution in [2.45, 2.75) is 184 Å². The molecule has 0 radical (unpaired) electrons. The largest absolute Gasteiger partial charge is 0.465 e. The number of alkyl halides is 3. The summed E-state index contributed by atoms with van der Waals surface area (Å²) < 4.78 is 94.7. The number of carbonyl (C=O) groups excluding carboxylic acids is 12. The predicted octanol–water partition coefficient (Wildman–Crippen LogP) is -0.0552. The maximum atomic E-state index is 14.7. The van der Waals surface area contributed by atoms with E-state index in [4.69, 9.17) is 121 Å². The van der Waals surface area contributed by atoms with Gasteiger partial charge in [0.15, 0.2) is 36.8 Å². The highest BCUT2D eigenvalue weighted by molar-refractivity contribution is 6.76. The number of nitrogens with one attached hydrogen (secondary N) is 2. The lowest BCUT2D eigenvalue weighted by Crippen LogP contribution is -2.72. The van der Waals surface area contributed by atoms with Crippen LogP contribution in [0.4, 0.5) is 0 Å². The molecule has 0 saturated carbocycles. The number of methoxy groups -OCH3 is 1. The minimum atomic E-state index is -3.20. The molecule has 3 rings (SSSR count). The summed E-state index contributed by atoms with van der Waals surface area (Å²) in [7, 11) is 0.803. The molecule has 2 N–H and O–H groups in total. The van der Waals surface area contributed by atoms with Crippen LogP contribution in [0, 0.1) is 5.41 Å². The van der Waals surface area contributed by atoms with Crippen LogP contribution < -0.4 is 5.32 Å². The van der Waals surface area contributed by atoms with Crippen molar-refractivity contribution in [2.75, 3.05) is 26.9 Å². The molecule has 0 spiro atoms. The Labute approximate surface area is 470 Å². The van der Waals surface area contributed by atoms with Gasteiger partial charge in [0.05, 0.1) is 19.6 Å². The first-order valence-electron chi connectivity index (χ1n) is 23.7. The first-order chi connectivity index (χ1) is 37.1. The average Bonchev–Trinajstić information content (AvgIpc) is 3.30. The number of hydrogen-bond acceptors (Lipinski definition) is 30. The van der Waals surface area contributed by atoms with Crippen molar-refractivity contribution >= 4 is 112 Å². The predicted molar refractivity (Wildman–Crippen MR) is 257 cm³/mol. The van der Waals surface area contributed by atoms with Crippen LogP contribution in [0.3, 0.4) is 0 Å². The molecule has 0 aromatic carbocycles. The molecular weight excluding hydrogens is 1150 g/mol. The Morgan fingerprint density at radius 2 is 1.02 bits per heavy atom. The van der Waals surface area contributed by atoms with Crippen molar-refractivity contribution in [1.29, 1.82) is 5.41 Å². The van der Waals surface area contributed by atoms with E-state index in [2.05, 4.69) is 5.32 Å². The topological polar surface area (TPSA) is 398 Å². The molecular formula is C46H61Cl3N2O29. The molecule has 3 saturated heterocycles. The summed E-state index contributed by atoms with van der Waals surface area (Å²) in [4.78, 5) is 155. The van der Waals surface area contributed by atoms with Crippen molar-refractivity contribution in [1.82, 2.24) is 5.32 Å². The lowest BCUT2D eigenvalue weighted by molar-refractivity contribution is -0.385. The highest BCUT2D eigenvalue weighted by Gasteiger charge is 2.64. The lowest BCUT2D eigenvalue weighted by Gasteiger charge is -2.52. The van der Waals surface area contributed by atoms with E-state index < -0.39 is 205 Å². The van der Waals surface area contributed by atoms with E-state index in [-0.39, 0.29) is 0 Å². The number of amides is 1. The summed E-state index contributed by atoms with van der Waals surface area (Å²) >= 11 is 17.7. The van der Waals surface area contributed by atoms with Gasteiger partial charge in [-0.3, -0.25) is 58.1 Å². The maximum absolute atomic E-state index is 14.7. The minimum Gasteiger partial charge on any atom is -0.465 e. The molecule has 3 heterocycles. The summed E-state index contributed by atoms with van der Waals surface area (Å²) in [6, 6.07) is -1.75. The summed E-state index contributed by atoms with van der Waals surface area (Å²) in [5.74, 6) is -17.6. The van der Waals surface area contributed by atoms with Crippen LogP contribution in [0.5, 0.6) is 0 Å². The van der Waals surface area contributed by atoms with Gasteiger partial charge in [0, 0.05) is 76.2 Å². The monoisotopic (exact) mass is 1210 g/mol. The van der Waals surface area contributed by atoms with Gasteiger partial charge in [-0.1, -0.05) is 34.8 Å². The number of ether oxygens (including phenoxy) is 17. The van der Waals surface area contributed by atoms with Gasteiger partial charge in [0.1, 0.15) is 56.4 Å². The second kappa shape index (κ2) is 30.0. The Kier molecular flexibility index (Phi) is 25.5. The van der Waals surface area contributed by atoms with Crippen LogP contribution in [0.15, 0.2) is 0 Å². The van der Waals surface area contributed by atoms with Gasteiger partial charge in [-0.15, -0.1) is 0 Å². The van der Waals surface area contributed by atoms with Crippen LogP contribution >= 0.6 is 34.8 Å². The third kappa shape index (κ3) is 20.1. The molecule has 31 nitrogen and oxygen atoms in total. The Bertz CT molecular complexity index is 2330. The summed E-state index contributed by atoms with van der Waals surface area (Å²) in [6.07, 6.45) is -29.9. The fourth-order valence-electron chi connectivity index (χ4n) is 8.30. The fourth-order valence-corrected chi connectivity index (χ4v) is 8.43. The van der Waals surface area contributed by atoms with E-state index in [0.29, 0.717) is 0 Å². The molecule has 0 bridgehead atoms. The molecule has 3 fully saturated rings. The van der Waals surface area contributed by atoms with E-state index in [1.807, 2.05) is 0 Å². The third-order valence-corrected chi connectivity index (χ3v) is 11.4. The van der Waals surface area contributed by atoms with E-state index in [1.54, 1.807) is 0 Å². The molecule has 3 aliphatic heterocycles. The van der Waals surface area contributed by atoms with E-state index >= 15 is 0 Å². The quantitative estimate of drug-likeness (QED) is 0.0471. The van der Waals surface area contributed by atoms with E-state index in [9.17, 15) is 57.5 Å². The summed E-state index contributed by atoms with van der Waals surface area (Å²) in [5, 5.41) is 10.7. The summed E-state index contributed by atoms with van der Waals surface area (Å²) in [5.41, 5.74) is 0. The Morgan fingerprint density at radius 1 is 0.562 bits per heavy atom. The molecule has 3 aliphatic rings. The lowest BCUT2D eigenvalue weighted by atomic mass is 9.87. The third-order valence-electron chi connectivity index (χ3n) is 10.9. The zero-order valence-electron chi connectivity index (χ0n) is 45.0. The van der Waals surface area contributed by atoms with Gasteiger partial charge in [-0.05, 0) is 0 Å². The van der Waals surface area contributed by atoms with Crippen LogP contribution in [0.2, 0.25) is 0 Å². The van der Waals surface area contributed by atoms with Crippen LogP contribution in [-0.4, -0.2) is 206 Å². The molecule has 450 valence electrons. The molecule has 0 unspecified atom stereocenters. The van der Waals surface area contributed by atoms with Crippen LogP contribution in [0.25, 0.3) is 0 Å². The Hall–Kier alpha value is -6.22. The van der Waals surface area contributed by atoms with Crippen LogP contribution in [-0.2, 0) is 138 Å². The maximum Gasteiger partial charge on any atom is 0.366 e. The number of carbonyl (C=O) groups is 12. The zero-order chi connectivity index (χ0) is 60.7. The smallest absolute Gasteiger partial charge is 0.366 e. The molecule has 80 heavy (non-hydrogen) atoms. The van der Waals surface area contributed by atoms with Crippen LogP contribution in [0.1, 0.15) is 82.6 Å². The Morgan fingerprint density at radius 3 is 1.48 bits per heavy atom. The SMILES string of the molecule is COC(=O)[C@@]1(O[C@H]2[C@@H](OC(C)=O)[C@@H](COC(C)=O)O[C@@H](O[C@H]3[C@H](OC(C)=O)[C@@H](OC(C)=O)[C@@H](OC(=N)C(Cl)(Cl)Cl)O[C@@H]3COC(C)=O)[C@@H]2OC(C)=O)C[C@H](OC(C)=O)[C@@H](NC(C)=O)[C@H]([C@H](OC(C)=O)[C@@H](COC(C)=O)OC(C)=O)O1. The van der Waals surface area contributed by atoms with Crippen molar-refractivity contribution < 1.29 is 138 Å². The standard InChI is InChI=1S/C46H61Cl3N2O29/c1-17(52)51-32-28(68-21(5)56)13-45(44(63)64-12,79-36(32)33(70-23(7)58)29(69-22(6)57)14-65-18(2)53)80-38-35(71-24(8)59)31(16-67-20(4)55)75-41(40(38)74-27(11)62)77-34-30(15-66-19(3)54)76-42(78-43(50)46(47,48)49)39(73-26(10)61)37(34)72-25(9)60/h28-42,50H,13-16H2,1-12H3,(H,51,52)/t28-,29+,30+,31+,32+,33+,34+,35-,36+,37-,38-,39+,40+,41-,42+,45-/m0/s1. The number of esters is 11. The van der Waals surface area contributed by atoms with Gasteiger partial charge >= 0.3 is 65.7 Å². The molecule has 0 aromatic heterocycles. The van der Waals surface area contributed by atoms with Gasteiger partial charge in [0.25, 0.3) is 9.58 Å². The molecule has 34 heteroatoms. The number of halogens is 3. The molecule has 0 aliphatic carbocycles. The number of rotatable bonds is 22. The van der Waals surface area contributed by atoms with Crippen molar-refractivity contribution in [2.24, 2.45) is 0 Å². The van der Waals surface area contributed by atoms with Crippen molar-refractivity contribution in [3.63, 3.8) is 0 Å². The van der Waals surface area contributed by atoms with Gasteiger partial charge in [-0.2, -0.15) is 0 Å². The highest BCUT2D eigenvalue weighted by Crippen LogP contribution is 2.43. The minimum absolute atomic E-state index is 0.803. The zero-order valence-corrected chi connectivity index (χ0v) is 47.2. The van der Waals surface area contributed by atoms with E-state index in [0.717, 1.165) is 83.3 Å². The number of hydrogen-bond donors (Lipinski definition) is 2.